The molecule has 3 aliphatic rings. The van der Waals surface area contributed by atoms with Crippen LogP contribution in [0.25, 0.3) is 0 Å². The smallest absolute Gasteiger partial charge is 0.209 e. The maximum Gasteiger partial charge on any atom is 0.209 e. The Balaban J connectivity index is 1.91. The molecule has 1 spiro atoms. The first-order valence-corrected chi connectivity index (χ1v) is 12.3. The van der Waals surface area contributed by atoms with Crippen LogP contribution in [-0.4, -0.2) is 46.7 Å². The molecule has 2 aliphatic heterocycles. The van der Waals surface area contributed by atoms with Gasteiger partial charge < -0.3 is 19.7 Å². The first kappa shape index (κ1) is 26.1. The Labute approximate surface area is 199 Å². The van der Waals surface area contributed by atoms with E-state index in [-0.39, 0.29) is 42.9 Å². The van der Waals surface area contributed by atoms with Crippen molar-refractivity contribution in [2.75, 3.05) is 6.61 Å². The van der Waals surface area contributed by atoms with E-state index in [4.69, 9.17) is 9.47 Å². The van der Waals surface area contributed by atoms with Crippen LogP contribution in [0.4, 0.5) is 0 Å². The van der Waals surface area contributed by atoms with Crippen LogP contribution in [-0.2, 0) is 14.3 Å². The first-order chi connectivity index (χ1) is 15.4. The summed E-state index contributed by atoms with van der Waals surface area (Å²) in [6.07, 6.45) is 10.1. The van der Waals surface area contributed by atoms with Crippen LogP contribution < -0.4 is 0 Å². The Morgan fingerprint density at radius 2 is 1.94 bits per heavy atom. The highest BCUT2D eigenvalue weighted by molar-refractivity contribution is 5.87. The minimum absolute atomic E-state index is 0.0224. The van der Waals surface area contributed by atoms with Gasteiger partial charge in [-0.05, 0) is 84.4 Å². The largest absolute Gasteiger partial charge is 0.392 e. The standard InChI is InChI=1S/C28H42O5/c1-17(2)9-8-10-18(3)11-23-12-19(4)14-28(32-23)15-22(16-29)24-13-25(31)27(7,21(6)30)20(5)26(24)33-28/h9,11,14-15,20-21,23-24,26,29-30H,8,10,12-13,16H2,1-7H3/b18-11+/t20-,21+,23-,24-,26-,27+,28+/m1/s1. The number of aliphatic hydroxyl groups excluding tert-OH is 2. The third kappa shape index (κ3) is 5.27. The van der Waals surface area contributed by atoms with Gasteiger partial charge in [0.15, 0.2) is 0 Å². The van der Waals surface area contributed by atoms with Gasteiger partial charge in [-0.25, -0.2) is 0 Å². The number of ether oxygens (including phenoxy) is 2. The van der Waals surface area contributed by atoms with Crippen LogP contribution in [0.2, 0.25) is 0 Å². The monoisotopic (exact) mass is 458 g/mol. The molecule has 2 heterocycles. The number of aliphatic hydroxyl groups is 2. The number of carbonyl (C=O) groups excluding carboxylic acids is 1. The molecule has 0 aromatic carbocycles. The number of hydrogen-bond donors (Lipinski definition) is 2. The lowest BCUT2D eigenvalue weighted by Gasteiger charge is -2.53. The van der Waals surface area contributed by atoms with Crippen molar-refractivity contribution in [1.82, 2.24) is 0 Å². The lowest BCUT2D eigenvalue weighted by Crippen LogP contribution is -2.60. The third-order valence-corrected chi connectivity index (χ3v) is 7.94. The maximum absolute atomic E-state index is 13.0. The van der Waals surface area contributed by atoms with Crippen LogP contribution >= 0.6 is 0 Å². The summed E-state index contributed by atoms with van der Waals surface area (Å²) >= 11 is 0. The summed E-state index contributed by atoms with van der Waals surface area (Å²) in [5.74, 6) is -1.48. The maximum atomic E-state index is 13.0. The summed E-state index contributed by atoms with van der Waals surface area (Å²) in [6.45, 7) is 13.8. The van der Waals surface area contributed by atoms with Crippen LogP contribution in [0.5, 0.6) is 0 Å². The van der Waals surface area contributed by atoms with Crippen molar-refractivity contribution in [3.8, 4) is 0 Å². The fourth-order valence-corrected chi connectivity index (χ4v) is 5.65. The van der Waals surface area contributed by atoms with Gasteiger partial charge in [0.05, 0.1) is 30.3 Å². The Morgan fingerprint density at radius 1 is 1.24 bits per heavy atom. The van der Waals surface area contributed by atoms with Gasteiger partial charge in [0, 0.05) is 12.3 Å². The Kier molecular flexibility index (Phi) is 7.89. The highest BCUT2D eigenvalue weighted by Crippen LogP contribution is 2.51. The molecule has 0 radical (unpaired) electrons. The summed E-state index contributed by atoms with van der Waals surface area (Å²) < 4.78 is 13.2. The molecule has 7 atom stereocenters. The molecule has 1 aliphatic carbocycles. The molecule has 0 unspecified atom stereocenters. The minimum atomic E-state index is -1.07. The topological polar surface area (TPSA) is 76.0 Å². The molecule has 0 aromatic heterocycles. The zero-order chi connectivity index (χ0) is 24.6. The Bertz CT molecular complexity index is 875. The van der Waals surface area contributed by atoms with E-state index in [0.29, 0.717) is 0 Å². The molecule has 33 heavy (non-hydrogen) atoms. The normalized spacial score (nSPS) is 37.8. The van der Waals surface area contributed by atoms with E-state index in [2.05, 4.69) is 39.8 Å². The second-order valence-electron chi connectivity index (χ2n) is 10.8. The predicted octanol–water partition coefficient (Wildman–Crippen LogP) is 5.04. The molecule has 2 N–H and O–H groups in total. The first-order valence-electron chi connectivity index (χ1n) is 12.3. The van der Waals surface area contributed by atoms with Crippen molar-refractivity contribution in [2.24, 2.45) is 17.3 Å². The van der Waals surface area contributed by atoms with E-state index < -0.39 is 17.3 Å². The average molecular weight is 459 g/mol. The number of Topliss-reactive ketones (excluding diaryl/α,β-unsaturated/α-hetero) is 1. The fourth-order valence-electron chi connectivity index (χ4n) is 5.65. The summed E-state index contributed by atoms with van der Waals surface area (Å²) in [5.41, 5.74) is 3.66. The SMILES string of the molecule is CC(C)=CCC/C(C)=C/[C@@H]1CC(C)=C[C@]2(C=C(CO)[C@H]3CC(=O)[C@](C)([C@H](C)O)[C@H](C)[C@H]3O2)O1. The lowest BCUT2D eigenvalue weighted by atomic mass is 9.58. The summed E-state index contributed by atoms with van der Waals surface area (Å²) in [6, 6.07) is 0. The number of ketones is 1. The lowest BCUT2D eigenvalue weighted by molar-refractivity contribution is -0.258. The number of fused-ring (bicyclic) bond motifs is 1. The molecular weight excluding hydrogens is 416 g/mol. The van der Waals surface area contributed by atoms with E-state index >= 15 is 0 Å². The minimum Gasteiger partial charge on any atom is -0.392 e. The van der Waals surface area contributed by atoms with Crippen molar-refractivity contribution in [3.05, 3.63) is 46.6 Å². The second kappa shape index (κ2) is 9.99. The van der Waals surface area contributed by atoms with E-state index in [0.717, 1.165) is 24.8 Å². The van der Waals surface area contributed by atoms with Crippen LogP contribution in [0, 0.1) is 17.3 Å². The molecule has 1 saturated carbocycles. The second-order valence-corrected chi connectivity index (χ2v) is 10.8. The van der Waals surface area contributed by atoms with E-state index in [1.54, 1.807) is 6.92 Å². The molecule has 5 nitrogen and oxygen atoms in total. The quantitative estimate of drug-likeness (QED) is 0.545. The molecule has 0 aromatic rings. The van der Waals surface area contributed by atoms with E-state index in [9.17, 15) is 15.0 Å². The number of rotatable bonds is 6. The Hall–Kier alpha value is -1.53. The van der Waals surface area contributed by atoms with Crippen molar-refractivity contribution in [3.63, 3.8) is 0 Å². The summed E-state index contributed by atoms with van der Waals surface area (Å²) in [7, 11) is 0. The van der Waals surface area contributed by atoms with Gasteiger partial charge in [0.2, 0.25) is 5.79 Å². The highest BCUT2D eigenvalue weighted by atomic mass is 16.7. The van der Waals surface area contributed by atoms with Gasteiger partial charge in [-0.2, -0.15) is 0 Å². The van der Waals surface area contributed by atoms with E-state index in [1.165, 1.54) is 16.7 Å². The number of hydrogen-bond acceptors (Lipinski definition) is 5. The van der Waals surface area contributed by atoms with Crippen molar-refractivity contribution < 1.29 is 24.5 Å². The average Bonchev–Trinajstić information content (AvgIpc) is 2.71. The molecule has 5 heteroatoms. The molecule has 0 bridgehead atoms. The van der Waals surface area contributed by atoms with Gasteiger partial charge in [-0.1, -0.05) is 35.8 Å². The van der Waals surface area contributed by atoms with Crippen LogP contribution in [0.3, 0.4) is 0 Å². The third-order valence-electron chi connectivity index (χ3n) is 7.94. The molecule has 0 amide bonds. The van der Waals surface area contributed by atoms with Crippen LogP contribution in [0.1, 0.15) is 74.1 Å². The highest BCUT2D eigenvalue weighted by Gasteiger charge is 2.57. The molecule has 0 saturated heterocycles. The van der Waals surface area contributed by atoms with Crippen molar-refractivity contribution >= 4 is 5.78 Å². The molecule has 1 fully saturated rings. The van der Waals surface area contributed by atoms with Gasteiger partial charge in [0.1, 0.15) is 5.78 Å². The van der Waals surface area contributed by atoms with E-state index in [1.807, 2.05) is 26.0 Å². The van der Waals surface area contributed by atoms with Crippen LogP contribution in [0.15, 0.2) is 46.6 Å². The molecule has 3 rings (SSSR count). The summed E-state index contributed by atoms with van der Waals surface area (Å²) in [5, 5.41) is 20.7. The van der Waals surface area contributed by atoms with Gasteiger partial charge in [0.25, 0.3) is 0 Å². The van der Waals surface area contributed by atoms with Gasteiger partial charge in [-0.15, -0.1) is 0 Å². The van der Waals surface area contributed by atoms with Gasteiger partial charge in [-0.3, -0.25) is 4.79 Å². The van der Waals surface area contributed by atoms with Crippen molar-refractivity contribution in [1.29, 1.82) is 0 Å². The number of allylic oxidation sites excluding steroid dienone is 3. The molecule has 184 valence electrons. The summed E-state index contributed by atoms with van der Waals surface area (Å²) in [4.78, 5) is 13.0. The van der Waals surface area contributed by atoms with Crippen molar-refractivity contribution in [2.45, 2.75) is 98.2 Å². The van der Waals surface area contributed by atoms with Gasteiger partial charge >= 0.3 is 0 Å². The zero-order valence-electron chi connectivity index (χ0n) is 21.4. The fraction of sp³-hybridized carbons (Fsp3) is 0.679. The number of carbonyl (C=O) groups is 1. The molecular formula is C28H42O5. The Morgan fingerprint density at radius 3 is 2.55 bits per heavy atom. The zero-order valence-corrected chi connectivity index (χ0v) is 21.4. The predicted molar refractivity (Wildman–Crippen MR) is 131 cm³/mol.